The van der Waals surface area contributed by atoms with Gasteiger partial charge in [0.25, 0.3) is 11.8 Å². The van der Waals surface area contributed by atoms with Gasteiger partial charge in [-0.25, -0.2) is 0 Å². The molecule has 1 aromatic carbocycles. The summed E-state index contributed by atoms with van der Waals surface area (Å²) in [6, 6.07) is 10.2. The fraction of sp³-hybridized carbons (Fsp3) is 0.211. The quantitative estimate of drug-likeness (QED) is 0.513. The molecule has 2 aromatic rings. The molecule has 1 aromatic heterocycles. The van der Waals surface area contributed by atoms with Crippen molar-refractivity contribution in [1.82, 2.24) is 14.8 Å². The maximum absolute atomic E-state index is 12.4. The summed E-state index contributed by atoms with van der Waals surface area (Å²) in [6.45, 7) is 6.01. The summed E-state index contributed by atoms with van der Waals surface area (Å²) in [5.74, 6) is -0.859. The highest BCUT2D eigenvalue weighted by atomic mass is 32.1. The van der Waals surface area contributed by atoms with Crippen LogP contribution in [0.2, 0.25) is 0 Å². The van der Waals surface area contributed by atoms with Gasteiger partial charge >= 0.3 is 0 Å². The molecule has 1 saturated heterocycles. The van der Waals surface area contributed by atoms with Crippen LogP contribution in [0.4, 0.5) is 0 Å². The van der Waals surface area contributed by atoms with Crippen LogP contribution in [0.25, 0.3) is 11.8 Å². The molecule has 0 aliphatic carbocycles. The van der Waals surface area contributed by atoms with Gasteiger partial charge in [0.2, 0.25) is 0 Å². The van der Waals surface area contributed by atoms with Crippen molar-refractivity contribution in [2.75, 3.05) is 7.05 Å². The predicted octanol–water partition coefficient (Wildman–Crippen LogP) is 2.66. The number of nitrogens with one attached hydrogen (secondary N) is 1. The molecular weight excluding hydrogens is 334 g/mol. The number of carbonyl (C=O) groups excluding carboxylic acids is 2. The summed E-state index contributed by atoms with van der Waals surface area (Å²) in [7, 11) is 1.55. The van der Waals surface area contributed by atoms with Crippen LogP contribution in [0.5, 0.6) is 0 Å². The summed E-state index contributed by atoms with van der Waals surface area (Å²) < 4.78 is 2.10. The Morgan fingerprint density at radius 2 is 1.72 bits per heavy atom. The molecule has 25 heavy (non-hydrogen) atoms. The van der Waals surface area contributed by atoms with E-state index in [1.807, 2.05) is 26.8 Å². The highest BCUT2D eigenvalue weighted by Gasteiger charge is 2.31. The van der Waals surface area contributed by atoms with E-state index in [1.54, 1.807) is 13.1 Å². The van der Waals surface area contributed by atoms with Gasteiger partial charge in [-0.3, -0.25) is 19.8 Å². The Balaban J connectivity index is 2.06. The van der Waals surface area contributed by atoms with Crippen molar-refractivity contribution in [3.8, 4) is 5.69 Å². The van der Waals surface area contributed by atoms with Crippen molar-refractivity contribution in [3.05, 3.63) is 58.4 Å². The molecule has 5 nitrogen and oxygen atoms in total. The number of thiocarbonyl (C=S) groups is 1. The number of likely N-dealkylation sites (N-methyl/N-ethyl adjacent to an activating group) is 1. The third kappa shape index (κ3) is 3.00. The molecule has 0 atom stereocenters. The Kier molecular flexibility index (Phi) is 4.30. The Hall–Kier alpha value is -2.73. The van der Waals surface area contributed by atoms with E-state index in [9.17, 15) is 9.59 Å². The van der Waals surface area contributed by atoms with Gasteiger partial charge < -0.3 is 4.57 Å². The number of benzene rings is 1. The highest BCUT2D eigenvalue weighted by molar-refractivity contribution is 7.80. The third-order valence-corrected chi connectivity index (χ3v) is 4.74. The lowest BCUT2D eigenvalue weighted by atomic mass is 10.1. The predicted molar refractivity (Wildman–Crippen MR) is 101 cm³/mol. The molecule has 0 saturated carbocycles. The smallest absolute Gasteiger partial charge is 0.265 e. The van der Waals surface area contributed by atoms with Gasteiger partial charge in [0, 0.05) is 24.1 Å². The Morgan fingerprint density at radius 3 is 2.36 bits per heavy atom. The maximum atomic E-state index is 12.4. The molecule has 0 radical (unpaired) electrons. The van der Waals surface area contributed by atoms with Gasteiger partial charge in [-0.15, -0.1) is 0 Å². The van der Waals surface area contributed by atoms with E-state index >= 15 is 0 Å². The van der Waals surface area contributed by atoms with Gasteiger partial charge in [0.15, 0.2) is 5.11 Å². The number of amides is 2. The van der Waals surface area contributed by atoms with Crippen molar-refractivity contribution in [2.45, 2.75) is 20.8 Å². The lowest BCUT2D eigenvalue weighted by molar-refractivity contribution is -0.128. The number of hydrogen-bond donors (Lipinski definition) is 1. The fourth-order valence-electron chi connectivity index (χ4n) is 2.93. The maximum Gasteiger partial charge on any atom is 0.265 e. The largest absolute Gasteiger partial charge is 0.318 e. The minimum absolute atomic E-state index is 0.0836. The van der Waals surface area contributed by atoms with Gasteiger partial charge in [-0.1, -0.05) is 17.7 Å². The van der Waals surface area contributed by atoms with Crippen LogP contribution in [0, 0.1) is 20.8 Å². The number of carbonyl (C=O) groups is 2. The van der Waals surface area contributed by atoms with Crippen molar-refractivity contribution in [2.24, 2.45) is 0 Å². The van der Waals surface area contributed by atoms with E-state index in [1.165, 1.54) is 10.5 Å². The SMILES string of the molecule is Cc1ccc(-n2c(C)cc(C=C3C(=O)NC(=S)N(C)C3=O)c2C)cc1. The summed E-state index contributed by atoms with van der Waals surface area (Å²) >= 11 is 4.97. The highest BCUT2D eigenvalue weighted by Crippen LogP contribution is 2.24. The minimum atomic E-state index is -0.465. The molecule has 1 fully saturated rings. The third-order valence-electron chi connectivity index (χ3n) is 4.37. The lowest BCUT2D eigenvalue weighted by Crippen LogP contribution is -2.52. The zero-order valence-corrected chi connectivity index (χ0v) is 15.4. The van der Waals surface area contributed by atoms with Crippen LogP contribution in [0.1, 0.15) is 22.5 Å². The van der Waals surface area contributed by atoms with Gasteiger partial charge in [0.1, 0.15) is 5.57 Å². The van der Waals surface area contributed by atoms with Gasteiger partial charge in [0.05, 0.1) is 0 Å². The van der Waals surface area contributed by atoms with Crippen molar-refractivity contribution in [3.63, 3.8) is 0 Å². The number of aromatic nitrogens is 1. The van der Waals surface area contributed by atoms with Gasteiger partial charge in [-0.2, -0.15) is 0 Å². The minimum Gasteiger partial charge on any atom is -0.318 e. The summed E-state index contributed by atoms with van der Waals surface area (Å²) in [6.07, 6.45) is 1.63. The Bertz CT molecular complexity index is 923. The number of hydrogen-bond acceptors (Lipinski definition) is 3. The van der Waals surface area contributed by atoms with Crippen LogP contribution in [-0.2, 0) is 9.59 Å². The zero-order valence-electron chi connectivity index (χ0n) is 14.6. The first kappa shape index (κ1) is 17.1. The van der Waals surface area contributed by atoms with E-state index in [2.05, 4.69) is 34.1 Å². The zero-order chi connectivity index (χ0) is 18.3. The van der Waals surface area contributed by atoms with Crippen LogP contribution in [0.15, 0.2) is 35.9 Å². The number of nitrogens with zero attached hydrogens (tertiary/aromatic N) is 2. The molecule has 6 heteroatoms. The second-order valence-electron chi connectivity index (χ2n) is 6.18. The van der Waals surface area contributed by atoms with E-state index in [0.29, 0.717) is 0 Å². The molecule has 2 heterocycles. The monoisotopic (exact) mass is 353 g/mol. The molecule has 1 N–H and O–H groups in total. The normalized spacial score (nSPS) is 16.6. The van der Waals surface area contributed by atoms with Crippen LogP contribution in [-0.4, -0.2) is 33.4 Å². The van der Waals surface area contributed by atoms with E-state index < -0.39 is 11.8 Å². The molecule has 1 aliphatic rings. The first-order chi connectivity index (χ1) is 11.8. The second-order valence-corrected chi connectivity index (χ2v) is 6.57. The van der Waals surface area contributed by atoms with Crippen LogP contribution in [0.3, 0.4) is 0 Å². The first-order valence-electron chi connectivity index (χ1n) is 7.90. The van der Waals surface area contributed by atoms with Gasteiger partial charge in [-0.05, 0) is 62.8 Å². The molecule has 3 rings (SSSR count). The van der Waals surface area contributed by atoms with E-state index in [0.717, 1.165) is 22.6 Å². The first-order valence-corrected chi connectivity index (χ1v) is 8.31. The van der Waals surface area contributed by atoms with E-state index in [-0.39, 0.29) is 10.7 Å². The number of rotatable bonds is 2. The molecular formula is C19H19N3O2S. The standard InChI is InChI=1S/C19H19N3O2S/c1-11-5-7-15(8-6-11)22-12(2)9-14(13(22)3)10-16-17(23)20-19(25)21(4)18(16)24/h5-10H,1-4H3,(H,20,23,25). The summed E-state index contributed by atoms with van der Waals surface area (Å²) in [5.41, 5.74) is 5.14. The average molecular weight is 353 g/mol. The summed E-state index contributed by atoms with van der Waals surface area (Å²) in [4.78, 5) is 25.8. The van der Waals surface area contributed by atoms with E-state index in [4.69, 9.17) is 12.2 Å². The van der Waals surface area contributed by atoms with Crippen LogP contribution < -0.4 is 5.32 Å². The van der Waals surface area contributed by atoms with Crippen LogP contribution >= 0.6 is 12.2 Å². The Labute approximate surface area is 151 Å². The molecule has 128 valence electrons. The van der Waals surface area contributed by atoms with Crippen molar-refractivity contribution >= 4 is 35.2 Å². The second kappa shape index (κ2) is 6.29. The molecule has 1 aliphatic heterocycles. The lowest BCUT2D eigenvalue weighted by Gasteiger charge is -2.25. The summed E-state index contributed by atoms with van der Waals surface area (Å²) in [5, 5.41) is 2.65. The van der Waals surface area contributed by atoms with Crippen molar-refractivity contribution in [1.29, 1.82) is 0 Å². The Morgan fingerprint density at radius 1 is 1.08 bits per heavy atom. The van der Waals surface area contributed by atoms with Crippen molar-refractivity contribution < 1.29 is 9.59 Å². The topological polar surface area (TPSA) is 54.3 Å². The molecule has 0 unspecified atom stereocenters. The molecule has 0 spiro atoms. The molecule has 2 amide bonds. The number of aryl methyl sites for hydroxylation is 2. The molecule has 0 bridgehead atoms. The fourth-order valence-corrected chi connectivity index (χ4v) is 3.10. The average Bonchev–Trinajstić information content (AvgIpc) is 2.84.